The van der Waals surface area contributed by atoms with Crippen molar-refractivity contribution in [1.29, 1.82) is 0 Å². The highest BCUT2D eigenvalue weighted by molar-refractivity contribution is 5.86. The summed E-state index contributed by atoms with van der Waals surface area (Å²) in [6, 6.07) is 4.81. The number of nitrogens with one attached hydrogen (secondary N) is 2. The number of rotatable bonds is 3. The number of halogens is 1. The van der Waals surface area contributed by atoms with Crippen LogP contribution in [-0.4, -0.2) is 29.0 Å². The van der Waals surface area contributed by atoms with E-state index in [9.17, 15) is 9.18 Å². The summed E-state index contributed by atoms with van der Waals surface area (Å²) in [5.41, 5.74) is 0.239. The van der Waals surface area contributed by atoms with Crippen molar-refractivity contribution in [2.75, 3.05) is 13.1 Å². The van der Waals surface area contributed by atoms with Crippen LogP contribution in [-0.2, 0) is 10.3 Å². The second-order valence-corrected chi connectivity index (χ2v) is 6.98. The van der Waals surface area contributed by atoms with E-state index < -0.39 is 5.54 Å². The van der Waals surface area contributed by atoms with Gasteiger partial charge < -0.3 is 10.6 Å². The largest absolute Gasteiger partial charge is 0.345 e. The minimum atomic E-state index is -0.684. The third kappa shape index (κ3) is 2.28. The fraction of sp³-hybridized carbons (Fsp3) is 0.471. The zero-order valence-electron chi connectivity index (χ0n) is 13.1. The van der Waals surface area contributed by atoms with Gasteiger partial charge in [-0.05, 0) is 44.8 Å². The third-order valence-electron chi connectivity index (χ3n) is 5.04. The summed E-state index contributed by atoms with van der Waals surface area (Å²) in [6.45, 7) is 5.64. The number of hydrogen-bond donors (Lipinski definition) is 2. The molecule has 2 heterocycles. The van der Waals surface area contributed by atoms with Crippen molar-refractivity contribution >= 4 is 16.8 Å². The van der Waals surface area contributed by atoms with Crippen LogP contribution in [0.5, 0.6) is 0 Å². The molecule has 1 aliphatic carbocycles. The van der Waals surface area contributed by atoms with Crippen LogP contribution in [0.2, 0.25) is 0 Å². The van der Waals surface area contributed by atoms with Gasteiger partial charge in [0.25, 0.3) is 0 Å². The Hall–Kier alpha value is -2.08. The minimum absolute atomic E-state index is 0.0645. The molecule has 3 atom stereocenters. The summed E-state index contributed by atoms with van der Waals surface area (Å²) in [7, 11) is 0. The van der Waals surface area contributed by atoms with E-state index in [1.165, 1.54) is 12.4 Å². The summed E-state index contributed by atoms with van der Waals surface area (Å²) in [5.74, 6) is 0.710. The molecule has 2 aromatic rings. The highest BCUT2D eigenvalue weighted by atomic mass is 19.1. The first-order valence-electron chi connectivity index (χ1n) is 7.91. The SMILES string of the molecule is CC(C)(NC(=O)C1[C@H]2CNC[C@@H]12)c1ncnc2c(F)cccc12. The van der Waals surface area contributed by atoms with Crippen molar-refractivity contribution in [2.24, 2.45) is 17.8 Å². The quantitative estimate of drug-likeness (QED) is 0.903. The molecule has 2 fully saturated rings. The lowest BCUT2D eigenvalue weighted by Crippen LogP contribution is -2.43. The Balaban J connectivity index is 1.63. The molecular weight excluding hydrogens is 295 g/mol. The Kier molecular flexibility index (Phi) is 3.13. The average Bonchev–Trinajstić information content (AvgIpc) is 3.00. The van der Waals surface area contributed by atoms with Crippen molar-refractivity contribution < 1.29 is 9.18 Å². The Bertz CT molecular complexity index is 781. The zero-order valence-corrected chi connectivity index (χ0v) is 13.1. The van der Waals surface area contributed by atoms with Gasteiger partial charge in [-0.15, -0.1) is 0 Å². The van der Waals surface area contributed by atoms with E-state index >= 15 is 0 Å². The average molecular weight is 314 g/mol. The van der Waals surface area contributed by atoms with E-state index in [2.05, 4.69) is 20.6 Å². The van der Waals surface area contributed by atoms with Crippen LogP contribution in [0, 0.1) is 23.6 Å². The highest BCUT2D eigenvalue weighted by Crippen LogP contribution is 2.49. The number of carbonyl (C=O) groups is 1. The van der Waals surface area contributed by atoms with Crippen LogP contribution < -0.4 is 10.6 Å². The number of benzene rings is 1. The number of para-hydroxylation sites is 1. The minimum Gasteiger partial charge on any atom is -0.345 e. The van der Waals surface area contributed by atoms with Gasteiger partial charge in [0.1, 0.15) is 17.7 Å². The number of aromatic nitrogens is 2. The molecule has 1 amide bonds. The maximum absolute atomic E-state index is 13.9. The van der Waals surface area contributed by atoms with Crippen LogP contribution in [0.4, 0.5) is 4.39 Å². The van der Waals surface area contributed by atoms with E-state index in [0.29, 0.717) is 22.9 Å². The fourth-order valence-electron chi connectivity index (χ4n) is 3.81. The maximum Gasteiger partial charge on any atom is 0.224 e. The zero-order chi connectivity index (χ0) is 16.2. The molecule has 1 aliphatic heterocycles. The molecule has 1 saturated carbocycles. The molecule has 23 heavy (non-hydrogen) atoms. The van der Waals surface area contributed by atoms with Crippen molar-refractivity contribution in [3.8, 4) is 0 Å². The van der Waals surface area contributed by atoms with Gasteiger partial charge in [-0.2, -0.15) is 0 Å². The van der Waals surface area contributed by atoms with E-state index in [-0.39, 0.29) is 23.2 Å². The number of nitrogens with zero attached hydrogens (tertiary/aromatic N) is 2. The van der Waals surface area contributed by atoms with Crippen molar-refractivity contribution in [2.45, 2.75) is 19.4 Å². The lowest BCUT2D eigenvalue weighted by atomic mass is 9.95. The summed E-state index contributed by atoms with van der Waals surface area (Å²) >= 11 is 0. The number of carbonyl (C=O) groups excluding carboxylic acids is 1. The summed E-state index contributed by atoms with van der Waals surface area (Å²) in [5, 5.41) is 7.02. The van der Waals surface area contributed by atoms with Gasteiger partial charge in [0, 0.05) is 11.3 Å². The molecule has 5 nitrogen and oxygen atoms in total. The standard InChI is InChI=1S/C17H19FN4O/c1-17(2,22-16(23)13-10-6-19-7-11(10)13)15-9-4-3-5-12(18)14(9)20-8-21-15/h3-5,8,10-11,13,19H,6-7H2,1-2H3,(H,22,23)/t10-,11+,13?. The topological polar surface area (TPSA) is 66.9 Å². The predicted molar refractivity (Wildman–Crippen MR) is 84.0 cm³/mol. The summed E-state index contributed by atoms with van der Waals surface area (Å²) in [4.78, 5) is 20.9. The molecule has 2 N–H and O–H groups in total. The van der Waals surface area contributed by atoms with E-state index in [4.69, 9.17) is 0 Å². The van der Waals surface area contributed by atoms with E-state index in [1.54, 1.807) is 12.1 Å². The molecule has 0 bridgehead atoms. The van der Waals surface area contributed by atoms with Crippen molar-refractivity contribution in [1.82, 2.24) is 20.6 Å². The monoisotopic (exact) mass is 314 g/mol. The summed E-state index contributed by atoms with van der Waals surface area (Å²) < 4.78 is 13.9. The third-order valence-corrected chi connectivity index (χ3v) is 5.04. The molecule has 1 saturated heterocycles. The predicted octanol–water partition coefficient (Wildman–Crippen LogP) is 1.59. The molecule has 1 aromatic carbocycles. The van der Waals surface area contributed by atoms with Gasteiger partial charge in [0.2, 0.25) is 5.91 Å². The lowest BCUT2D eigenvalue weighted by molar-refractivity contribution is -0.124. The Morgan fingerprint density at radius 1 is 1.30 bits per heavy atom. The number of hydrogen-bond acceptors (Lipinski definition) is 4. The molecule has 1 aromatic heterocycles. The molecule has 4 rings (SSSR count). The van der Waals surface area contributed by atoms with E-state index in [0.717, 1.165) is 13.1 Å². The normalized spacial score (nSPS) is 26.1. The smallest absolute Gasteiger partial charge is 0.224 e. The fourth-order valence-corrected chi connectivity index (χ4v) is 3.81. The van der Waals surface area contributed by atoms with Gasteiger partial charge >= 0.3 is 0 Å². The number of amides is 1. The van der Waals surface area contributed by atoms with Crippen molar-refractivity contribution in [3.05, 3.63) is 36.0 Å². The first kappa shape index (κ1) is 14.5. The van der Waals surface area contributed by atoms with Gasteiger partial charge in [0.15, 0.2) is 0 Å². The molecule has 2 aliphatic rings. The van der Waals surface area contributed by atoms with Gasteiger partial charge in [-0.3, -0.25) is 4.79 Å². The van der Waals surface area contributed by atoms with Crippen molar-refractivity contribution in [3.63, 3.8) is 0 Å². The highest BCUT2D eigenvalue weighted by Gasteiger charge is 2.57. The molecular formula is C17H19FN4O. The first-order valence-corrected chi connectivity index (χ1v) is 7.91. The molecule has 120 valence electrons. The number of piperidine rings is 1. The van der Waals surface area contributed by atoms with E-state index in [1.807, 2.05) is 13.8 Å². The second kappa shape index (κ2) is 4.96. The lowest BCUT2D eigenvalue weighted by Gasteiger charge is -2.27. The first-order chi connectivity index (χ1) is 11.0. The van der Waals surface area contributed by atoms with Gasteiger partial charge in [-0.25, -0.2) is 14.4 Å². The van der Waals surface area contributed by atoms with Gasteiger partial charge in [-0.1, -0.05) is 12.1 Å². The molecule has 1 unspecified atom stereocenters. The summed E-state index contributed by atoms with van der Waals surface area (Å²) in [6.07, 6.45) is 1.35. The number of fused-ring (bicyclic) bond motifs is 2. The molecule has 0 radical (unpaired) electrons. The van der Waals surface area contributed by atoms with Crippen LogP contribution in [0.25, 0.3) is 10.9 Å². The van der Waals surface area contributed by atoms with Crippen LogP contribution >= 0.6 is 0 Å². The van der Waals surface area contributed by atoms with Crippen LogP contribution in [0.1, 0.15) is 19.5 Å². The van der Waals surface area contributed by atoms with Crippen LogP contribution in [0.3, 0.4) is 0 Å². The van der Waals surface area contributed by atoms with Gasteiger partial charge in [0.05, 0.1) is 11.2 Å². The Morgan fingerprint density at radius 2 is 2.04 bits per heavy atom. The maximum atomic E-state index is 13.9. The second-order valence-electron chi connectivity index (χ2n) is 6.98. The molecule has 6 heteroatoms. The Labute approximate surface area is 133 Å². The van der Waals surface area contributed by atoms with Crippen LogP contribution in [0.15, 0.2) is 24.5 Å². The molecule has 0 spiro atoms. The Morgan fingerprint density at radius 3 is 2.78 bits per heavy atom.